The highest BCUT2D eigenvalue weighted by Crippen LogP contribution is 2.26. The fourth-order valence-electron chi connectivity index (χ4n) is 3.98. The quantitative estimate of drug-likeness (QED) is 0.540. The van der Waals surface area contributed by atoms with Gasteiger partial charge in [-0.25, -0.2) is 0 Å². The van der Waals surface area contributed by atoms with Gasteiger partial charge in [0, 0.05) is 0 Å². The van der Waals surface area contributed by atoms with E-state index in [-0.39, 0.29) is 0 Å². The van der Waals surface area contributed by atoms with Crippen molar-refractivity contribution in [2.24, 2.45) is 0 Å². The van der Waals surface area contributed by atoms with Gasteiger partial charge in [0.2, 0.25) is 0 Å². The van der Waals surface area contributed by atoms with Gasteiger partial charge in [0.15, 0.2) is 0 Å². The topological polar surface area (TPSA) is 9.23 Å². The number of benzene rings is 2. The van der Waals surface area contributed by atoms with Gasteiger partial charge in [0.1, 0.15) is 0 Å². The van der Waals surface area contributed by atoms with Crippen molar-refractivity contribution in [2.45, 2.75) is 51.9 Å². The van der Waals surface area contributed by atoms with Crippen LogP contribution in [-0.2, 0) is 29.8 Å². The Bertz CT molecular complexity index is 846. The van der Waals surface area contributed by atoms with Gasteiger partial charge in [-0.2, -0.15) is 11.4 Å². The maximum Gasteiger partial charge on any atom is -0.0235 e. The second-order valence-electron chi connectivity index (χ2n) is 9.03. The van der Waals surface area contributed by atoms with E-state index >= 15 is 0 Å². The van der Waals surface area contributed by atoms with Crippen LogP contribution in [0.15, 0.2) is 47.8 Å². The van der Waals surface area contributed by atoms with Crippen molar-refractivity contribution in [3.05, 3.63) is 81.2 Å². The Hall–Kier alpha value is -1.69. The lowest BCUT2D eigenvalue weighted by atomic mass is 9.87. The van der Waals surface area contributed by atoms with Gasteiger partial charge in [-0.3, -0.25) is 0 Å². The molecule has 0 radical (unpaired) electrons. The fraction of sp³-hybridized carbons (Fsp3) is 0.333. The third-order valence-electron chi connectivity index (χ3n) is 5.67. The molecule has 0 aliphatic heterocycles. The molecule has 0 saturated carbocycles. The van der Waals surface area contributed by atoms with Crippen LogP contribution in [0.5, 0.6) is 0 Å². The molecule has 0 bridgehead atoms. The SMILES string of the molecule is C[Si-](C)(/C=C/c1ccc2c(c1)CC2)O[Si-](C)(C)/C=C/c1ccc2c(c1)CC2. The Morgan fingerprint density at radius 1 is 0.630 bits per heavy atom. The molecule has 3 heteroatoms. The van der Waals surface area contributed by atoms with E-state index in [0.29, 0.717) is 0 Å². The summed E-state index contributed by atoms with van der Waals surface area (Å²) >= 11 is 0. The van der Waals surface area contributed by atoms with Gasteiger partial charge in [-0.1, -0.05) is 48.6 Å². The van der Waals surface area contributed by atoms with Crippen molar-refractivity contribution in [3.63, 3.8) is 0 Å². The molecule has 2 aromatic rings. The van der Waals surface area contributed by atoms with E-state index in [1.807, 2.05) is 0 Å². The van der Waals surface area contributed by atoms with Crippen molar-refractivity contribution < 1.29 is 4.12 Å². The summed E-state index contributed by atoms with van der Waals surface area (Å²) in [7, 11) is -3.70. The fourth-order valence-corrected chi connectivity index (χ4v) is 11.1. The molecule has 0 heterocycles. The smallest absolute Gasteiger partial charge is 0.0235 e. The highest BCUT2D eigenvalue weighted by atomic mass is 28.4. The highest BCUT2D eigenvalue weighted by Gasteiger charge is 2.14. The predicted octanol–water partition coefficient (Wildman–Crippen LogP) is 6.12. The van der Waals surface area contributed by atoms with E-state index in [4.69, 9.17) is 4.12 Å². The molecule has 2 aromatic carbocycles. The number of aryl methyl sites for hydroxylation is 4. The zero-order valence-electron chi connectivity index (χ0n) is 17.0. The summed E-state index contributed by atoms with van der Waals surface area (Å²) in [5, 5.41) is 0. The lowest BCUT2D eigenvalue weighted by Gasteiger charge is -2.51. The van der Waals surface area contributed by atoms with Crippen molar-refractivity contribution in [1.29, 1.82) is 0 Å². The first-order valence-electron chi connectivity index (χ1n) is 10.1. The van der Waals surface area contributed by atoms with Crippen LogP contribution in [0.25, 0.3) is 12.2 Å². The molecule has 0 spiro atoms. The second-order valence-corrected chi connectivity index (χ2v) is 16.9. The minimum Gasteiger partial charge on any atom is -0.761 e. The van der Waals surface area contributed by atoms with Crippen LogP contribution in [0.1, 0.15) is 33.4 Å². The van der Waals surface area contributed by atoms with Crippen LogP contribution in [0.4, 0.5) is 0 Å². The van der Waals surface area contributed by atoms with Crippen molar-refractivity contribution in [1.82, 2.24) is 0 Å². The largest absolute Gasteiger partial charge is 0.761 e. The maximum atomic E-state index is 6.71. The second kappa shape index (κ2) is 7.04. The first kappa shape index (κ1) is 18.7. The molecule has 0 saturated heterocycles. The summed E-state index contributed by atoms with van der Waals surface area (Å²) in [6.45, 7) is 9.22. The standard InChI is InChI=1S/C24H30OSi2/c1-26(2,15-13-19-5-7-21-9-11-23(21)17-19)25-27(3,4)16-14-20-6-8-22-10-12-24(22)18-20/h5-8,13-18H,9-12H2,1-4H3/q-2/b15-13+,16-14+. The first-order chi connectivity index (χ1) is 12.8. The summed E-state index contributed by atoms with van der Waals surface area (Å²) in [5.74, 6) is 0. The van der Waals surface area contributed by atoms with Crippen LogP contribution in [-0.4, -0.2) is 16.6 Å². The monoisotopic (exact) mass is 390 g/mol. The normalized spacial score (nSPS) is 16.1. The summed E-state index contributed by atoms with van der Waals surface area (Å²) in [5.41, 5.74) is 13.4. The maximum absolute atomic E-state index is 6.71. The Kier molecular flexibility index (Phi) is 4.87. The molecule has 0 amide bonds. The molecule has 2 aliphatic carbocycles. The average molecular weight is 391 g/mol. The zero-order valence-corrected chi connectivity index (χ0v) is 19.0. The van der Waals surface area contributed by atoms with Crippen LogP contribution in [0.3, 0.4) is 0 Å². The molecule has 0 N–H and O–H groups in total. The van der Waals surface area contributed by atoms with E-state index in [2.05, 4.69) is 86.1 Å². The minimum atomic E-state index is -1.85. The van der Waals surface area contributed by atoms with Crippen molar-refractivity contribution in [2.75, 3.05) is 0 Å². The highest BCUT2D eigenvalue weighted by molar-refractivity contribution is 6.90. The Labute approximate surface area is 166 Å². The first-order valence-corrected chi connectivity index (χ1v) is 16.1. The molecule has 0 unspecified atom stereocenters. The molecular formula is C24H30OSi2-2. The molecule has 2 aliphatic rings. The third kappa shape index (κ3) is 4.42. The van der Waals surface area contributed by atoms with Gasteiger partial charge in [-0.05, 0) is 75.7 Å². The Balaban J connectivity index is 1.41. The number of hydrogen-bond acceptors (Lipinski definition) is 1. The minimum absolute atomic E-state index is 1.24. The predicted molar refractivity (Wildman–Crippen MR) is 122 cm³/mol. The number of rotatable bonds is 6. The molecule has 27 heavy (non-hydrogen) atoms. The molecule has 0 aromatic heterocycles. The molecule has 4 rings (SSSR count). The lowest BCUT2D eigenvalue weighted by molar-refractivity contribution is 0.571. The van der Waals surface area contributed by atoms with E-state index < -0.39 is 16.6 Å². The van der Waals surface area contributed by atoms with Crippen LogP contribution < -0.4 is 0 Å². The molecular weight excluding hydrogens is 360 g/mol. The number of hydrogen-bond donors (Lipinski definition) is 0. The van der Waals surface area contributed by atoms with E-state index in [1.54, 1.807) is 0 Å². The average Bonchev–Trinajstić information content (AvgIpc) is 2.54. The van der Waals surface area contributed by atoms with Crippen molar-refractivity contribution >= 4 is 28.8 Å². The molecule has 142 valence electrons. The van der Waals surface area contributed by atoms with Crippen LogP contribution in [0, 0.1) is 0 Å². The molecule has 0 fully saturated rings. The van der Waals surface area contributed by atoms with Crippen LogP contribution in [0.2, 0.25) is 26.2 Å². The van der Waals surface area contributed by atoms with E-state index in [1.165, 1.54) is 59.1 Å². The summed E-state index contributed by atoms with van der Waals surface area (Å²) in [6, 6.07) is 13.7. The summed E-state index contributed by atoms with van der Waals surface area (Å²) < 4.78 is 6.71. The van der Waals surface area contributed by atoms with Gasteiger partial charge < -0.3 is 4.12 Å². The van der Waals surface area contributed by atoms with Gasteiger partial charge in [0.25, 0.3) is 0 Å². The van der Waals surface area contributed by atoms with Gasteiger partial charge >= 0.3 is 0 Å². The Morgan fingerprint density at radius 3 is 1.37 bits per heavy atom. The Morgan fingerprint density at radius 2 is 1.04 bits per heavy atom. The van der Waals surface area contributed by atoms with Gasteiger partial charge in [0.05, 0.1) is 0 Å². The summed E-state index contributed by atoms with van der Waals surface area (Å²) in [6.07, 6.45) is 9.52. The lowest BCUT2D eigenvalue weighted by Crippen LogP contribution is -2.42. The summed E-state index contributed by atoms with van der Waals surface area (Å²) in [4.78, 5) is 0. The van der Waals surface area contributed by atoms with Crippen LogP contribution >= 0.6 is 0 Å². The zero-order chi connectivity index (χ0) is 19.1. The molecule has 1 nitrogen and oxygen atoms in total. The third-order valence-corrected chi connectivity index (χ3v) is 11.8. The number of fused-ring (bicyclic) bond motifs is 2. The van der Waals surface area contributed by atoms with E-state index in [9.17, 15) is 0 Å². The van der Waals surface area contributed by atoms with E-state index in [0.717, 1.165) is 0 Å². The van der Waals surface area contributed by atoms with Crippen molar-refractivity contribution in [3.8, 4) is 0 Å². The molecule has 0 atom stereocenters. The van der Waals surface area contributed by atoms with Gasteiger partial charge in [-0.15, -0.1) is 26.2 Å².